The molecule has 7 heteroatoms. The Balaban J connectivity index is 2.17. The summed E-state index contributed by atoms with van der Waals surface area (Å²) in [5.74, 6) is -1.03. The number of nitrogens with one attached hydrogen (secondary N) is 1. The van der Waals surface area contributed by atoms with Crippen LogP contribution in [0.25, 0.3) is 0 Å². The number of benzene rings is 2. The fourth-order valence-corrected chi connectivity index (χ4v) is 2.62. The molecule has 0 aliphatic heterocycles. The number of carboxylic acids is 1. The number of carboxylic acid groups (broad SMARTS) is 1. The lowest BCUT2D eigenvalue weighted by atomic mass is 10.0. The van der Waals surface area contributed by atoms with Crippen LogP contribution < -0.4 is 14.8 Å². The van der Waals surface area contributed by atoms with Gasteiger partial charge in [0.2, 0.25) is 0 Å². The highest BCUT2D eigenvalue weighted by atomic mass is 19.1. The predicted molar refractivity (Wildman–Crippen MR) is 102 cm³/mol. The van der Waals surface area contributed by atoms with Gasteiger partial charge in [0.05, 0.1) is 26.2 Å². The largest absolute Gasteiger partial charge is 0.493 e. The van der Waals surface area contributed by atoms with Gasteiger partial charge in [-0.15, -0.1) is 0 Å². The number of aliphatic carboxylic acids is 1. The number of carbonyl (C=O) groups is 2. The average molecular weight is 389 g/mol. The standard InChI is InChI=1S/C21H24FNO5/c1-3-4-11-28-18-10-7-15(12-19(18)27-2)21(26)23-17(13-20(24)25)14-5-8-16(22)9-6-14/h5-10,12,17H,3-4,11,13H2,1-2H3,(H,23,26)(H,24,25). The number of unbranched alkanes of at least 4 members (excludes halogenated alkanes) is 1. The van der Waals surface area contributed by atoms with Crippen molar-refractivity contribution in [2.75, 3.05) is 13.7 Å². The quantitative estimate of drug-likeness (QED) is 0.601. The summed E-state index contributed by atoms with van der Waals surface area (Å²) in [5.41, 5.74) is 0.806. The summed E-state index contributed by atoms with van der Waals surface area (Å²) in [7, 11) is 1.48. The van der Waals surface area contributed by atoms with Crippen molar-refractivity contribution in [1.29, 1.82) is 0 Å². The summed E-state index contributed by atoms with van der Waals surface area (Å²) in [6.07, 6.45) is 1.57. The van der Waals surface area contributed by atoms with E-state index in [0.29, 0.717) is 29.2 Å². The number of methoxy groups -OCH3 is 1. The zero-order chi connectivity index (χ0) is 20.5. The number of ether oxygens (including phenoxy) is 2. The van der Waals surface area contributed by atoms with Crippen LogP contribution in [0.15, 0.2) is 42.5 Å². The van der Waals surface area contributed by atoms with E-state index in [2.05, 4.69) is 12.2 Å². The number of halogens is 1. The van der Waals surface area contributed by atoms with Gasteiger partial charge in [-0.25, -0.2) is 4.39 Å². The van der Waals surface area contributed by atoms with Crippen LogP contribution in [0.4, 0.5) is 4.39 Å². The molecular weight excluding hydrogens is 365 g/mol. The fraction of sp³-hybridized carbons (Fsp3) is 0.333. The molecule has 0 aliphatic rings. The van der Waals surface area contributed by atoms with E-state index in [4.69, 9.17) is 14.6 Å². The third-order valence-corrected chi connectivity index (χ3v) is 4.14. The highest BCUT2D eigenvalue weighted by Crippen LogP contribution is 2.29. The SMILES string of the molecule is CCCCOc1ccc(C(=O)NC(CC(=O)O)c2ccc(F)cc2)cc1OC. The normalized spacial score (nSPS) is 11.5. The molecule has 28 heavy (non-hydrogen) atoms. The van der Waals surface area contributed by atoms with Crippen molar-refractivity contribution in [1.82, 2.24) is 5.32 Å². The second-order valence-corrected chi connectivity index (χ2v) is 6.24. The lowest BCUT2D eigenvalue weighted by Gasteiger charge is -2.18. The van der Waals surface area contributed by atoms with Crippen LogP contribution >= 0.6 is 0 Å². The van der Waals surface area contributed by atoms with Crippen LogP contribution in [0.1, 0.15) is 48.1 Å². The van der Waals surface area contributed by atoms with Crippen molar-refractivity contribution in [3.63, 3.8) is 0 Å². The monoisotopic (exact) mass is 389 g/mol. The number of hydrogen-bond donors (Lipinski definition) is 2. The molecule has 0 radical (unpaired) electrons. The Hall–Kier alpha value is -3.09. The number of hydrogen-bond acceptors (Lipinski definition) is 4. The van der Waals surface area contributed by atoms with Crippen molar-refractivity contribution in [3.8, 4) is 11.5 Å². The smallest absolute Gasteiger partial charge is 0.305 e. The lowest BCUT2D eigenvalue weighted by Crippen LogP contribution is -2.30. The minimum atomic E-state index is -1.08. The first-order valence-corrected chi connectivity index (χ1v) is 9.03. The molecule has 150 valence electrons. The van der Waals surface area contributed by atoms with Gasteiger partial charge >= 0.3 is 5.97 Å². The molecule has 0 heterocycles. The van der Waals surface area contributed by atoms with Gasteiger partial charge in [-0.3, -0.25) is 9.59 Å². The van der Waals surface area contributed by atoms with Crippen molar-refractivity contribution in [2.45, 2.75) is 32.2 Å². The molecule has 1 amide bonds. The second kappa shape index (κ2) is 10.3. The third kappa shape index (κ3) is 5.97. The van der Waals surface area contributed by atoms with Crippen LogP contribution in [-0.2, 0) is 4.79 Å². The summed E-state index contributed by atoms with van der Waals surface area (Å²) in [5, 5.41) is 11.8. The topological polar surface area (TPSA) is 84.9 Å². The molecule has 0 aromatic heterocycles. The van der Waals surface area contributed by atoms with Gasteiger partial charge in [0.25, 0.3) is 5.91 Å². The van der Waals surface area contributed by atoms with E-state index in [1.165, 1.54) is 31.4 Å². The molecule has 2 aromatic carbocycles. The summed E-state index contributed by atoms with van der Waals surface area (Å²) in [6.45, 7) is 2.60. The van der Waals surface area contributed by atoms with Gasteiger partial charge in [-0.2, -0.15) is 0 Å². The molecule has 1 atom stereocenters. The highest BCUT2D eigenvalue weighted by Gasteiger charge is 2.20. The molecule has 2 rings (SSSR count). The zero-order valence-electron chi connectivity index (χ0n) is 15.9. The summed E-state index contributed by atoms with van der Waals surface area (Å²) in [4.78, 5) is 23.8. The van der Waals surface area contributed by atoms with Gasteiger partial charge < -0.3 is 19.9 Å². The maximum Gasteiger partial charge on any atom is 0.305 e. The molecule has 6 nitrogen and oxygen atoms in total. The fourth-order valence-electron chi connectivity index (χ4n) is 2.62. The van der Waals surface area contributed by atoms with Crippen molar-refractivity contribution < 1.29 is 28.6 Å². The van der Waals surface area contributed by atoms with Gasteiger partial charge in [0, 0.05) is 5.56 Å². The number of carbonyl (C=O) groups excluding carboxylic acids is 1. The van der Waals surface area contributed by atoms with E-state index in [0.717, 1.165) is 12.8 Å². The predicted octanol–water partition coefficient (Wildman–Crippen LogP) is 3.96. The van der Waals surface area contributed by atoms with E-state index < -0.39 is 23.7 Å². The van der Waals surface area contributed by atoms with Crippen LogP contribution in [0.3, 0.4) is 0 Å². The Labute approximate surface area is 163 Å². The van der Waals surface area contributed by atoms with Crippen molar-refractivity contribution >= 4 is 11.9 Å². The molecule has 0 spiro atoms. The van der Waals surface area contributed by atoms with E-state index in [1.54, 1.807) is 18.2 Å². The van der Waals surface area contributed by atoms with Gasteiger partial charge in [-0.05, 0) is 42.3 Å². The summed E-state index contributed by atoms with van der Waals surface area (Å²) in [6, 6.07) is 9.33. The Kier molecular flexibility index (Phi) is 7.80. The Morgan fingerprint density at radius 1 is 1.14 bits per heavy atom. The molecular formula is C21H24FNO5. The minimum Gasteiger partial charge on any atom is -0.493 e. The van der Waals surface area contributed by atoms with Crippen LogP contribution in [0.2, 0.25) is 0 Å². The molecule has 1 unspecified atom stereocenters. The van der Waals surface area contributed by atoms with Crippen LogP contribution in [0, 0.1) is 5.82 Å². The first-order valence-electron chi connectivity index (χ1n) is 9.03. The van der Waals surface area contributed by atoms with E-state index in [-0.39, 0.29) is 6.42 Å². The zero-order valence-corrected chi connectivity index (χ0v) is 15.9. The summed E-state index contributed by atoms with van der Waals surface area (Å²) < 4.78 is 24.1. The molecule has 0 bridgehead atoms. The summed E-state index contributed by atoms with van der Waals surface area (Å²) >= 11 is 0. The lowest BCUT2D eigenvalue weighted by molar-refractivity contribution is -0.137. The van der Waals surface area contributed by atoms with E-state index in [9.17, 15) is 14.0 Å². The second-order valence-electron chi connectivity index (χ2n) is 6.24. The highest BCUT2D eigenvalue weighted by molar-refractivity contribution is 5.95. The average Bonchev–Trinajstić information content (AvgIpc) is 2.68. The molecule has 0 saturated carbocycles. The number of amides is 1. The van der Waals surface area contributed by atoms with E-state index >= 15 is 0 Å². The van der Waals surface area contributed by atoms with Crippen LogP contribution in [0.5, 0.6) is 11.5 Å². The maximum absolute atomic E-state index is 13.1. The Bertz CT molecular complexity index is 807. The Morgan fingerprint density at radius 2 is 1.86 bits per heavy atom. The first-order chi connectivity index (χ1) is 13.4. The number of rotatable bonds is 10. The molecule has 0 aliphatic carbocycles. The maximum atomic E-state index is 13.1. The van der Waals surface area contributed by atoms with Gasteiger partial charge in [0.1, 0.15) is 5.82 Å². The molecule has 2 aromatic rings. The van der Waals surface area contributed by atoms with Gasteiger partial charge in [-0.1, -0.05) is 25.5 Å². The third-order valence-electron chi connectivity index (χ3n) is 4.14. The Morgan fingerprint density at radius 3 is 2.46 bits per heavy atom. The molecule has 0 fully saturated rings. The minimum absolute atomic E-state index is 0.303. The first kappa shape index (κ1) is 21.2. The van der Waals surface area contributed by atoms with Gasteiger partial charge in [0.15, 0.2) is 11.5 Å². The van der Waals surface area contributed by atoms with Crippen LogP contribution in [-0.4, -0.2) is 30.7 Å². The van der Waals surface area contributed by atoms with E-state index in [1.807, 2.05) is 0 Å². The molecule has 2 N–H and O–H groups in total. The van der Waals surface area contributed by atoms with Crippen molar-refractivity contribution in [3.05, 3.63) is 59.4 Å². The van der Waals surface area contributed by atoms with Crippen molar-refractivity contribution in [2.24, 2.45) is 0 Å². The molecule has 0 saturated heterocycles.